The minimum absolute atomic E-state index is 0. The number of aliphatic carboxylic acids is 2. The monoisotopic (exact) mass is 1720 g/mol. The van der Waals surface area contributed by atoms with Crippen molar-refractivity contribution in [1.82, 2.24) is 68.5 Å². The summed E-state index contributed by atoms with van der Waals surface area (Å²) in [6.45, 7) is 13.9. The van der Waals surface area contributed by atoms with Crippen LogP contribution in [0.15, 0.2) is 84.2 Å². The number of benzene rings is 3. The number of aromatic amines is 1. The van der Waals surface area contributed by atoms with Crippen molar-refractivity contribution in [2.45, 2.75) is 224 Å². The molecule has 121 heavy (non-hydrogen) atoms. The molecule has 6 rings (SSSR count). The van der Waals surface area contributed by atoms with Gasteiger partial charge in [0.15, 0.2) is 0 Å². The third-order valence-electron chi connectivity index (χ3n) is 19.9. The van der Waals surface area contributed by atoms with Crippen molar-refractivity contribution in [2.24, 2.45) is 45.9 Å². The summed E-state index contributed by atoms with van der Waals surface area (Å²) in [6.07, 6.45) is -0.637. The quantitative estimate of drug-likeness (QED) is 0.0193. The van der Waals surface area contributed by atoms with E-state index in [9.17, 15) is 97.1 Å². The van der Waals surface area contributed by atoms with Crippen LogP contribution < -0.4 is 126 Å². The summed E-state index contributed by atoms with van der Waals surface area (Å²) in [6, 6.07) is -0.900. The summed E-state index contributed by atoms with van der Waals surface area (Å²) in [7, 11) is 0. The number of carbonyl (C=O) groups excluding carboxylic acids is 14. The molecule has 1 saturated heterocycles. The smallest absolute Gasteiger partial charge is 0.872 e. The van der Waals surface area contributed by atoms with Gasteiger partial charge in [-0.15, -0.1) is 11.8 Å². The maximum atomic E-state index is 14.9. The largest absolute Gasteiger partial charge is 1.00 e. The molecule has 0 spiro atoms. The average molecular weight is 1720 g/mol. The molecule has 12 amide bonds. The Morgan fingerprint density at radius 2 is 1.20 bits per heavy atom. The predicted octanol–water partition coefficient (Wildman–Crippen LogP) is -6.80. The summed E-state index contributed by atoms with van der Waals surface area (Å²) < 4.78 is 0. The Morgan fingerprint density at radius 1 is 0.636 bits per heavy atom. The summed E-state index contributed by atoms with van der Waals surface area (Å²) in [5.74, 6) is -20.1. The standard InChI is InChI=1S/C65H101N17O16S.C15H12O6.Na/c1-9-35(7)52(82-57(91)41(21-22-49(84)85)73-58(92)42(25-33(3)4)75-62(96)47-31-99-65(80-47)51(68)34(5)6)63(97)74-39-19-14-15-24-70-54(88)45(28-48(67)83)77-61(95)46(29-50(86)87)78-60(94)44(27-38-30-69-32-71-38)76-59(93)43(26-37-17-12-11-13-18-37)79-64(98)53(36(8)10-2)81-56(90)40(20-16-23-66)72-55(39)89;16-12-3-1-8(6-10(12)14(18)19)5-9-2-4-13(17)11(7-9)15(20)21;/h11-13,17-18,30,32-36,39-47,51-53H,9-10,14-16,19-29,31,66,68H2,1-8H3,(H2,67,83)(H,69,71)(H,70,88)(H,72,89)(H,73,92)(H,74,97)(H,75,96)(H,76,93)(H,77,95)(H,78,94)(H,79,98)(H,81,90)(H,82,91)(H,84,85)(H,86,87);1-4,6-7,16-17H,5H2,(H,18,19)(H,20,21);/q;;+1/p-3/t35-,36-,39-,40+,41+,42-,43+,44-,45-,46+,47-,51-,52-,53-;;/m0../s1. The van der Waals surface area contributed by atoms with E-state index in [1.54, 1.807) is 71.9 Å². The van der Waals surface area contributed by atoms with Crippen molar-refractivity contribution in [3.63, 3.8) is 0 Å². The topological polar surface area (TPSA) is 657 Å². The van der Waals surface area contributed by atoms with E-state index in [1.165, 1.54) is 48.6 Å². The number of carbonyl (C=O) groups is 16. The molecule has 656 valence electrons. The third kappa shape index (κ3) is 33.8. The van der Waals surface area contributed by atoms with Crippen LogP contribution in [-0.2, 0) is 86.4 Å². The molecular formula is C80H110N17NaO22S-2. The minimum Gasteiger partial charge on any atom is -0.872 e. The first-order valence-corrected chi connectivity index (χ1v) is 40.5. The number of rotatable bonds is 34. The molecule has 0 aliphatic carbocycles. The van der Waals surface area contributed by atoms with Gasteiger partial charge in [0.1, 0.15) is 66.5 Å². The van der Waals surface area contributed by atoms with Crippen LogP contribution in [0.3, 0.4) is 0 Å². The molecule has 20 N–H and O–H groups in total. The molecule has 0 saturated carbocycles. The van der Waals surface area contributed by atoms with E-state index in [-0.39, 0.29) is 149 Å². The van der Waals surface area contributed by atoms with Crippen LogP contribution in [0.1, 0.15) is 177 Å². The number of aromatic carboxylic acids is 2. The second kappa shape index (κ2) is 50.9. The van der Waals surface area contributed by atoms with E-state index >= 15 is 0 Å². The average Bonchev–Trinajstić information content (AvgIpc) is 1.78. The SMILES string of the molecule is CC[C@H](C)[C@H](NC(=O)[C@@H](CCC(=O)[O-])NC(=O)[C@H](CC(C)C)NC(=O)[C@@H]1CSC([C@@H](N)C(C)C)=N1)C(=O)N[C@H]1CCCCNC(=O)[C@H](CC(N)=O)NC(=O)[C@@H](CC(=O)[O-])NC(=O)[C@H](Cc2cnc[nH]2)NC(=O)[C@@H](Cc2ccccc2)NC(=O)[C@H]([C@@H](C)CC)NC(=O)[C@@H](CCCN)NC1=O.O=C(O)c1cc(Cc2ccc([O-])c(C(=O)O)c2)ccc1[O-].[H+].[Na+]. The zero-order valence-corrected chi connectivity index (χ0v) is 71.9. The van der Waals surface area contributed by atoms with Gasteiger partial charge in [-0.1, -0.05) is 134 Å². The van der Waals surface area contributed by atoms with Crippen molar-refractivity contribution in [2.75, 3.05) is 18.8 Å². The number of amides is 12. The van der Waals surface area contributed by atoms with Gasteiger partial charge in [0.2, 0.25) is 70.9 Å². The number of primary amides is 1. The maximum Gasteiger partial charge on any atom is 1.00 e. The number of imidazole rings is 1. The molecule has 0 bridgehead atoms. The fourth-order valence-electron chi connectivity index (χ4n) is 12.6. The van der Waals surface area contributed by atoms with E-state index < -0.39 is 216 Å². The number of carboxylic acids is 4. The fourth-order valence-corrected chi connectivity index (χ4v) is 13.8. The number of hydrogen-bond donors (Lipinski definition) is 17. The number of nitrogens with zero attached hydrogens (tertiary/aromatic N) is 2. The summed E-state index contributed by atoms with van der Waals surface area (Å²) in [5, 5.41) is 93.6. The van der Waals surface area contributed by atoms with E-state index in [4.69, 9.17) is 27.4 Å². The second-order valence-electron chi connectivity index (χ2n) is 30.2. The fraction of sp³-hybridized carbons (Fsp3) is 0.525. The number of thioether (sulfide) groups is 1. The predicted molar refractivity (Wildman–Crippen MR) is 429 cm³/mol. The van der Waals surface area contributed by atoms with Crippen LogP contribution in [0.5, 0.6) is 11.5 Å². The number of aliphatic imine (C=N–C) groups is 1. The maximum absolute atomic E-state index is 14.9. The number of H-pyrrole nitrogens is 1. The van der Waals surface area contributed by atoms with Crippen LogP contribution in [0.25, 0.3) is 0 Å². The van der Waals surface area contributed by atoms with Crippen LogP contribution in [0.2, 0.25) is 0 Å². The number of carboxylic acid groups (broad SMARTS) is 4. The molecule has 3 heterocycles. The Balaban J connectivity index is 0.00000144. The number of hydrogen-bond acceptors (Lipinski definition) is 25. The van der Waals surface area contributed by atoms with E-state index in [1.807, 2.05) is 13.8 Å². The van der Waals surface area contributed by atoms with Crippen LogP contribution in [0, 0.1) is 23.7 Å². The Bertz CT molecular complexity index is 4240. The molecule has 2 aliphatic rings. The third-order valence-corrected chi connectivity index (χ3v) is 21.0. The number of aromatic nitrogens is 2. The van der Waals surface area contributed by atoms with Gasteiger partial charge in [-0.25, -0.2) is 14.6 Å². The second-order valence-corrected chi connectivity index (χ2v) is 31.3. The molecule has 3 aromatic carbocycles. The van der Waals surface area contributed by atoms with E-state index in [2.05, 4.69) is 73.4 Å². The van der Waals surface area contributed by atoms with Gasteiger partial charge in [0.25, 0.3) is 0 Å². The molecule has 39 nitrogen and oxygen atoms in total. The molecular weight excluding hydrogens is 1610 g/mol. The molecule has 0 radical (unpaired) electrons. The number of nitrogens with two attached hydrogens (primary N) is 3. The van der Waals surface area contributed by atoms with Gasteiger partial charge in [-0.3, -0.25) is 62.5 Å². The zero-order valence-electron chi connectivity index (χ0n) is 70.1. The normalized spacial score (nSPS) is 20.6. The van der Waals surface area contributed by atoms with Crippen molar-refractivity contribution in [1.29, 1.82) is 0 Å². The van der Waals surface area contributed by atoms with Gasteiger partial charge >= 0.3 is 42.9 Å². The molecule has 1 aromatic heterocycles. The van der Waals surface area contributed by atoms with Crippen molar-refractivity contribution < 1.29 is 138 Å². The van der Waals surface area contributed by atoms with Gasteiger partial charge in [0, 0.05) is 55.4 Å². The van der Waals surface area contributed by atoms with Crippen molar-refractivity contribution in [3.05, 3.63) is 113 Å². The molecule has 2 aliphatic heterocycles. The van der Waals surface area contributed by atoms with E-state index in [0.717, 1.165) is 12.1 Å². The Labute approximate surface area is 727 Å². The molecule has 4 aromatic rings. The Kier molecular flexibility index (Phi) is 43.0. The Morgan fingerprint density at radius 3 is 1.74 bits per heavy atom. The van der Waals surface area contributed by atoms with Gasteiger partial charge in [-0.2, -0.15) is 0 Å². The van der Waals surface area contributed by atoms with Crippen molar-refractivity contribution in [3.8, 4) is 11.5 Å². The molecule has 1 fully saturated rings. The zero-order chi connectivity index (χ0) is 89.2. The summed E-state index contributed by atoms with van der Waals surface area (Å²) >= 11 is 1.32. The number of nitrogens with one attached hydrogen (secondary N) is 12. The molecule has 41 heteroatoms. The minimum atomic E-state index is -2.01. The van der Waals surface area contributed by atoms with Gasteiger partial charge in [0.05, 0.1) is 35.0 Å². The summed E-state index contributed by atoms with van der Waals surface area (Å²) in [5.41, 5.74) is 18.9. The van der Waals surface area contributed by atoms with Gasteiger partial charge < -0.3 is 121 Å². The Hall–Kier alpha value is -11.1. The summed E-state index contributed by atoms with van der Waals surface area (Å²) in [4.78, 5) is 228. The first kappa shape index (κ1) is 102. The van der Waals surface area contributed by atoms with Crippen LogP contribution >= 0.6 is 11.8 Å². The van der Waals surface area contributed by atoms with Crippen molar-refractivity contribution >= 4 is 112 Å². The molecule has 0 unspecified atom stereocenters. The molecule has 14 atom stereocenters. The first-order chi connectivity index (χ1) is 56.7. The van der Waals surface area contributed by atoms with Crippen LogP contribution in [-0.4, -0.2) is 211 Å². The first-order valence-electron chi connectivity index (χ1n) is 39.5. The van der Waals surface area contributed by atoms with Gasteiger partial charge in [-0.05, 0) is 117 Å². The van der Waals surface area contributed by atoms with Crippen LogP contribution in [0.4, 0.5) is 0 Å². The van der Waals surface area contributed by atoms with E-state index in [0.29, 0.717) is 21.7 Å².